The Bertz CT molecular complexity index is 587. The molecular formula is C13H18N6OS. The highest BCUT2D eigenvalue weighted by molar-refractivity contribution is 8.14. The summed E-state index contributed by atoms with van der Waals surface area (Å²) < 4.78 is 0. The highest BCUT2D eigenvalue weighted by Gasteiger charge is 2.53. The van der Waals surface area contributed by atoms with E-state index in [2.05, 4.69) is 22.5 Å². The van der Waals surface area contributed by atoms with Gasteiger partial charge in [0.1, 0.15) is 0 Å². The van der Waals surface area contributed by atoms with Crippen LogP contribution in [0.2, 0.25) is 0 Å². The molecule has 1 saturated carbocycles. The fourth-order valence-corrected chi connectivity index (χ4v) is 4.87. The zero-order valence-corrected chi connectivity index (χ0v) is 12.8. The van der Waals surface area contributed by atoms with Gasteiger partial charge in [0.25, 0.3) is 0 Å². The van der Waals surface area contributed by atoms with Crippen LogP contribution in [0.1, 0.15) is 19.0 Å². The van der Waals surface area contributed by atoms with Gasteiger partial charge in [-0.15, -0.1) is 11.8 Å². The number of hydrogen-bond acceptors (Lipinski definition) is 5. The average molecular weight is 306 g/mol. The number of urea groups is 1. The van der Waals surface area contributed by atoms with Crippen LogP contribution < -0.4 is 5.43 Å². The number of hydrazine groups is 1. The molecule has 2 fully saturated rings. The quantitative estimate of drug-likeness (QED) is 0.848. The largest absolute Gasteiger partial charge is 0.334 e. The molecule has 112 valence electrons. The molecule has 7 nitrogen and oxygen atoms in total. The summed E-state index contributed by atoms with van der Waals surface area (Å²) in [5, 5.41) is 10.1. The first kappa shape index (κ1) is 13.1. The van der Waals surface area contributed by atoms with Crippen molar-refractivity contribution in [3.8, 4) is 0 Å². The van der Waals surface area contributed by atoms with Crippen molar-refractivity contribution in [1.29, 1.82) is 0 Å². The summed E-state index contributed by atoms with van der Waals surface area (Å²) in [5.74, 6) is 0. The number of aliphatic imine (C=N–C) groups is 1. The molecular weight excluding hydrogens is 288 g/mol. The Labute approximate surface area is 127 Å². The van der Waals surface area contributed by atoms with Crippen molar-refractivity contribution in [2.75, 3.05) is 7.05 Å². The van der Waals surface area contributed by atoms with Crippen molar-refractivity contribution < 1.29 is 4.79 Å². The van der Waals surface area contributed by atoms with Crippen LogP contribution in [0.4, 0.5) is 4.79 Å². The van der Waals surface area contributed by atoms with E-state index in [1.165, 1.54) is 0 Å². The lowest BCUT2D eigenvalue weighted by atomic mass is 10.1. The van der Waals surface area contributed by atoms with Gasteiger partial charge in [-0.2, -0.15) is 5.10 Å². The molecule has 2 N–H and O–H groups in total. The summed E-state index contributed by atoms with van der Waals surface area (Å²) in [4.78, 5) is 19.1. The third-order valence-electron chi connectivity index (χ3n) is 4.47. The average Bonchev–Trinajstić information content (AvgIpc) is 3.11. The molecule has 4 rings (SSSR count). The van der Waals surface area contributed by atoms with Gasteiger partial charge in [-0.3, -0.25) is 15.1 Å². The van der Waals surface area contributed by atoms with Gasteiger partial charge in [0.2, 0.25) is 0 Å². The Morgan fingerprint density at radius 3 is 3.14 bits per heavy atom. The summed E-state index contributed by atoms with van der Waals surface area (Å²) in [6, 6.07) is 2.54. The monoisotopic (exact) mass is 306 g/mol. The highest BCUT2D eigenvalue weighted by atomic mass is 32.2. The number of nitrogens with zero attached hydrogens (tertiary/aromatic N) is 4. The summed E-state index contributed by atoms with van der Waals surface area (Å²) in [5.41, 5.74) is 4.31. The first-order chi connectivity index (χ1) is 10.1. The third-order valence-corrected chi connectivity index (χ3v) is 5.69. The van der Waals surface area contributed by atoms with Crippen LogP contribution in [-0.2, 0) is 6.54 Å². The van der Waals surface area contributed by atoms with Crippen LogP contribution in [0.25, 0.3) is 0 Å². The number of likely N-dealkylation sites (N-methyl/N-ethyl adjacent to an activating group) is 1. The van der Waals surface area contributed by atoms with E-state index in [9.17, 15) is 4.79 Å². The minimum atomic E-state index is -0.00347. The number of rotatable bonds is 2. The number of aromatic nitrogens is 2. The van der Waals surface area contributed by atoms with Gasteiger partial charge >= 0.3 is 6.03 Å². The number of carbonyl (C=O) groups is 1. The topological polar surface area (TPSA) is 76.6 Å². The molecule has 3 heterocycles. The van der Waals surface area contributed by atoms with Gasteiger partial charge in [0.15, 0.2) is 0 Å². The summed E-state index contributed by atoms with van der Waals surface area (Å²) in [6.45, 7) is 2.55. The smallest absolute Gasteiger partial charge is 0.320 e. The van der Waals surface area contributed by atoms with Crippen LogP contribution in [0.15, 0.2) is 17.3 Å². The van der Waals surface area contributed by atoms with Crippen molar-refractivity contribution in [3.63, 3.8) is 0 Å². The zero-order chi connectivity index (χ0) is 14.6. The Hall–Kier alpha value is -1.54. The van der Waals surface area contributed by atoms with Gasteiger partial charge in [0.05, 0.1) is 35.4 Å². The number of amides is 2. The Morgan fingerprint density at radius 1 is 1.52 bits per heavy atom. The maximum Gasteiger partial charge on any atom is 0.334 e. The van der Waals surface area contributed by atoms with E-state index in [4.69, 9.17) is 4.99 Å². The second kappa shape index (κ2) is 4.74. The minimum absolute atomic E-state index is 0.00347. The number of fused-ring (bicyclic) bond motifs is 3. The lowest BCUT2D eigenvalue weighted by Crippen LogP contribution is -2.66. The van der Waals surface area contributed by atoms with E-state index in [0.717, 1.165) is 17.2 Å². The molecule has 1 aromatic heterocycles. The second-order valence-corrected chi connectivity index (χ2v) is 7.25. The van der Waals surface area contributed by atoms with E-state index >= 15 is 0 Å². The Balaban J connectivity index is 1.55. The third kappa shape index (κ3) is 2.04. The lowest BCUT2D eigenvalue weighted by molar-refractivity contribution is 0.0555. The second-order valence-electron chi connectivity index (χ2n) is 5.82. The number of H-pyrrole nitrogens is 1. The molecule has 1 saturated heterocycles. The first-order valence-electron chi connectivity index (χ1n) is 7.13. The maximum atomic E-state index is 12.6. The van der Waals surface area contributed by atoms with E-state index in [0.29, 0.717) is 11.8 Å². The van der Waals surface area contributed by atoms with Crippen LogP contribution in [0.3, 0.4) is 0 Å². The van der Waals surface area contributed by atoms with Crippen LogP contribution >= 0.6 is 11.8 Å². The predicted octanol–water partition coefficient (Wildman–Crippen LogP) is 0.825. The van der Waals surface area contributed by atoms with Gasteiger partial charge in [-0.05, 0) is 19.4 Å². The molecule has 0 aromatic carbocycles. The lowest BCUT2D eigenvalue weighted by Gasteiger charge is -2.43. The van der Waals surface area contributed by atoms with Crippen molar-refractivity contribution in [3.05, 3.63) is 18.0 Å². The number of nitrogens with one attached hydrogen (secondary N) is 2. The van der Waals surface area contributed by atoms with Crippen LogP contribution in [-0.4, -0.2) is 61.6 Å². The minimum Gasteiger partial charge on any atom is -0.320 e. The van der Waals surface area contributed by atoms with E-state index in [1.807, 2.05) is 29.8 Å². The number of carbonyl (C=O) groups excluding carboxylic acids is 1. The summed E-state index contributed by atoms with van der Waals surface area (Å²) >= 11 is 1.85. The van der Waals surface area contributed by atoms with Gasteiger partial charge < -0.3 is 4.90 Å². The molecule has 4 unspecified atom stereocenters. The zero-order valence-electron chi connectivity index (χ0n) is 12.0. The molecule has 8 heteroatoms. The number of aromatic amines is 1. The normalized spacial score (nSPS) is 35.0. The van der Waals surface area contributed by atoms with Gasteiger partial charge in [0, 0.05) is 18.5 Å². The fourth-order valence-electron chi connectivity index (χ4n) is 3.58. The molecule has 0 radical (unpaired) electrons. The van der Waals surface area contributed by atoms with E-state index in [-0.39, 0.29) is 24.2 Å². The molecule has 2 aliphatic heterocycles. The molecule has 2 amide bonds. The van der Waals surface area contributed by atoms with Gasteiger partial charge in [-0.1, -0.05) is 0 Å². The predicted molar refractivity (Wildman–Crippen MR) is 80.9 cm³/mol. The summed E-state index contributed by atoms with van der Waals surface area (Å²) in [7, 11) is 1.89. The Kier molecular flexibility index (Phi) is 2.97. The first-order valence-corrected chi connectivity index (χ1v) is 8.01. The molecule has 1 aromatic rings. The maximum absolute atomic E-state index is 12.6. The molecule has 0 bridgehead atoms. The molecule has 21 heavy (non-hydrogen) atoms. The van der Waals surface area contributed by atoms with E-state index in [1.54, 1.807) is 11.2 Å². The summed E-state index contributed by atoms with van der Waals surface area (Å²) in [6.07, 6.45) is 2.74. The highest BCUT2D eigenvalue weighted by Crippen LogP contribution is 2.42. The fraction of sp³-hybridized carbons (Fsp3) is 0.615. The van der Waals surface area contributed by atoms with E-state index < -0.39 is 0 Å². The van der Waals surface area contributed by atoms with Crippen LogP contribution in [0.5, 0.6) is 0 Å². The standard InChI is InChI=1S/C13H18N6OS/c1-7-15-11-10(21-7)5-9-12(11)18(2)13(20)19(17-9)6-8-3-4-14-16-8/h3-4,9-12,17H,5-6H2,1-2H3,(H,14,16). The molecule has 0 spiro atoms. The number of hydrogen-bond donors (Lipinski definition) is 2. The Morgan fingerprint density at radius 2 is 2.38 bits per heavy atom. The molecule has 4 atom stereocenters. The number of thioether (sulfide) groups is 1. The molecule has 3 aliphatic rings. The van der Waals surface area contributed by atoms with Crippen molar-refractivity contribution in [2.24, 2.45) is 4.99 Å². The van der Waals surface area contributed by atoms with Gasteiger partial charge in [-0.25, -0.2) is 10.2 Å². The van der Waals surface area contributed by atoms with Crippen molar-refractivity contribution >= 4 is 22.8 Å². The SMILES string of the molecule is CC1=NC2C(CC3NN(Cc4ccn[nH]4)C(=O)N(C)C32)S1. The van der Waals surface area contributed by atoms with Crippen molar-refractivity contribution in [1.82, 2.24) is 25.5 Å². The molecule has 1 aliphatic carbocycles. The van der Waals surface area contributed by atoms with Crippen molar-refractivity contribution in [2.45, 2.75) is 43.3 Å². The van der Waals surface area contributed by atoms with Crippen LogP contribution in [0, 0.1) is 0 Å².